The van der Waals surface area contributed by atoms with E-state index in [0.29, 0.717) is 10.8 Å². The quantitative estimate of drug-likeness (QED) is 0.575. The predicted octanol–water partition coefficient (Wildman–Crippen LogP) is 5.52. The van der Waals surface area contributed by atoms with Crippen LogP contribution in [0.25, 0.3) is 0 Å². The zero-order valence-corrected chi connectivity index (χ0v) is 12.3. The highest BCUT2D eigenvalue weighted by atomic mass is 14.3. The van der Waals surface area contributed by atoms with Gasteiger partial charge in [-0.3, -0.25) is 0 Å². The van der Waals surface area contributed by atoms with E-state index >= 15 is 0 Å². The lowest BCUT2D eigenvalue weighted by Gasteiger charge is -2.34. The van der Waals surface area contributed by atoms with Crippen LogP contribution in [0, 0.1) is 22.7 Å². The van der Waals surface area contributed by atoms with Crippen molar-refractivity contribution in [1.29, 1.82) is 0 Å². The summed E-state index contributed by atoms with van der Waals surface area (Å²) in [6.45, 7) is 18.9. The fraction of sp³-hybridized carbons (Fsp3) is 1.00. The van der Waals surface area contributed by atoms with Crippen LogP contribution in [0.15, 0.2) is 0 Å². The van der Waals surface area contributed by atoms with Crippen molar-refractivity contribution in [2.45, 2.75) is 74.7 Å². The molecule has 0 aliphatic heterocycles. The van der Waals surface area contributed by atoms with Gasteiger partial charge in [-0.1, -0.05) is 61.8 Å². The summed E-state index contributed by atoms with van der Waals surface area (Å²) >= 11 is 0. The molecule has 92 valence electrons. The molecule has 0 aromatic carbocycles. The molecule has 1 unspecified atom stereocenters. The summed E-state index contributed by atoms with van der Waals surface area (Å²) in [7, 11) is 0. The van der Waals surface area contributed by atoms with Crippen molar-refractivity contribution in [2.75, 3.05) is 0 Å². The van der Waals surface area contributed by atoms with Gasteiger partial charge in [0, 0.05) is 0 Å². The normalized spacial score (nSPS) is 15.8. The Kier molecular flexibility index (Phi) is 5.37. The van der Waals surface area contributed by atoms with Crippen molar-refractivity contribution < 1.29 is 0 Å². The zero-order chi connectivity index (χ0) is 12.3. The maximum Gasteiger partial charge on any atom is -0.0379 e. The van der Waals surface area contributed by atoms with Crippen LogP contribution in [0.3, 0.4) is 0 Å². The Morgan fingerprint density at radius 3 is 1.33 bits per heavy atom. The van der Waals surface area contributed by atoms with Gasteiger partial charge in [0.05, 0.1) is 0 Å². The third-order valence-electron chi connectivity index (χ3n) is 3.20. The molecule has 0 spiro atoms. The van der Waals surface area contributed by atoms with Crippen molar-refractivity contribution in [3.63, 3.8) is 0 Å². The smallest absolute Gasteiger partial charge is 0.0379 e. The average molecular weight is 212 g/mol. The summed E-state index contributed by atoms with van der Waals surface area (Å²) in [5.41, 5.74) is 0.943. The van der Waals surface area contributed by atoms with Crippen LogP contribution in [0.2, 0.25) is 0 Å². The summed E-state index contributed by atoms with van der Waals surface area (Å²) < 4.78 is 0. The maximum atomic E-state index is 2.42. The molecular formula is C15H32. The lowest BCUT2D eigenvalue weighted by Crippen LogP contribution is -2.24. The third-order valence-corrected chi connectivity index (χ3v) is 3.20. The van der Waals surface area contributed by atoms with Gasteiger partial charge in [-0.05, 0) is 35.5 Å². The highest BCUT2D eigenvalue weighted by Gasteiger charge is 2.26. The number of rotatable bonds is 4. The molecule has 0 aromatic heterocycles. The van der Waals surface area contributed by atoms with Crippen LogP contribution in [-0.2, 0) is 0 Å². The third kappa shape index (κ3) is 7.88. The molecule has 0 fully saturated rings. The van der Waals surface area contributed by atoms with Crippen LogP contribution in [0.4, 0.5) is 0 Å². The molecule has 0 bridgehead atoms. The molecule has 0 N–H and O–H groups in total. The number of hydrogen-bond donors (Lipinski definition) is 0. The first-order valence-corrected chi connectivity index (χ1v) is 6.55. The Bertz CT molecular complexity index is 149. The molecule has 0 nitrogen and oxygen atoms in total. The molecule has 0 saturated heterocycles. The van der Waals surface area contributed by atoms with Gasteiger partial charge in [0.1, 0.15) is 0 Å². The van der Waals surface area contributed by atoms with Gasteiger partial charge in [-0.15, -0.1) is 0 Å². The monoisotopic (exact) mass is 212 g/mol. The minimum absolute atomic E-state index is 0.472. The highest BCUT2D eigenvalue weighted by molar-refractivity contribution is 4.77. The molecule has 15 heavy (non-hydrogen) atoms. The van der Waals surface area contributed by atoms with Crippen molar-refractivity contribution >= 4 is 0 Å². The van der Waals surface area contributed by atoms with Crippen molar-refractivity contribution in [3.05, 3.63) is 0 Å². The zero-order valence-electron chi connectivity index (χ0n) is 12.3. The van der Waals surface area contributed by atoms with E-state index in [9.17, 15) is 0 Å². The average Bonchev–Trinajstić information content (AvgIpc) is 1.96. The van der Waals surface area contributed by atoms with Gasteiger partial charge >= 0.3 is 0 Å². The van der Waals surface area contributed by atoms with Gasteiger partial charge in [-0.2, -0.15) is 0 Å². The molecule has 0 saturated carbocycles. The van der Waals surface area contributed by atoms with Crippen molar-refractivity contribution in [3.8, 4) is 0 Å². The molecule has 0 aromatic rings. The fourth-order valence-corrected chi connectivity index (χ4v) is 2.38. The van der Waals surface area contributed by atoms with Crippen LogP contribution in [0.1, 0.15) is 74.7 Å². The van der Waals surface area contributed by atoms with E-state index < -0.39 is 0 Å². The molecule has 0 aliphatic rings. The largest absolute Gasteiger partial charge is 0.0651 e. The minimum Gasteiger partial charge on any atom is -0.0651 e. The molecule has 1 atom stereocenters. The lowest BCUT2D eigenvalue weighted by atomic mass is 9.71. The van der Waals surface area contributed by atoms with Crippen LogP contribution >= 0.6 is 0 Å². The van der Waals surface area contributed by atoms with Crippen LogP contribution < -0.4 is 0 Å². The predicted molar refractivity (Wildman–Crippen MR) is 71.1 cm³/mol. The van der Waals surface area contributed by atoms with Gasteiger partial charge in [0.15, 0.2) is 0 Å². The summed E-state index contributed by atoms with van der Waals surface area (Å²) in [5, 5.41) is 0. The maximum absolute atomic E-state index is 2.42. The Hall–Kier alpha value is 0. The standard InChI is InChI=1S/C15H32/c1-9-12(2)13(10-14(3,4)5)11-15(6,7)8/h12-13H,9-11H2,1-8H3. The van der Waals surface area contributed by atoms with E-state index in [1.807, 2.05) is 0 Å². The van der Waals surface area contributed by atoms with E-state index in [1.165, 1.54) is 19.3 Å². The van der Waals surface area contributed by atoms with E-state index in [4.69, 9.17) is 0 Å². The second kappa shape index (κ2) is 5.37. The highest BCUT2D eigenvalue weighted by Crippen LogP contribution is 2.37. The molecule has 0 amide bonds. The number of hydrogen-bond acceptors (Lipinski definition) is 0. The second-order valence-electron chi connectivity index (χ2n) is 7.68. The SMILES string of the molecule is CCC(C)C(CC(C)(C)C)CC(C)(C)C. The molecule has 0 heteroatoms. The topological polar surface area (TPSA) is 0 Å². The molecule has 0 radical (unpaired) electrons. The van der Waals surface area contributed by atoms with Gasteiger partial charge < -0.3 is 0 Å². The van der Waals surface area contributed by atoms with Crippen LogP contribution in [0.5, 0.6) is 0 Å². The first-order chi connectivity index (χ1) is 6.55. The Morgan fingerprint density at radius 2 is 1.13 bits per heavy atom. The minimum atomic E-state index is 0.472. The molecular weight excluding hydrogens is 180 g/mol. The van der Waals surface area contributed by atoms with Gasteiger partial charge in [-0.25, -0.2) is 0 Å². The first kappa shape index (κ1) is 15.0. The van der Waals surface area contributed by atoms with E-state index in [0.717, 1.165) is 11.8 Å². The molecule has 0 heterocycles. The second-order valence-corrected chi connectivity index (χ2v) is 7.68. The Balaban J connectivity index is 4.46. The van der Waals surface area contributed by atoms with E-state index in [1.54, 1.807) is 0 Å². The van der Waals surface area contributed by atoms with Crippen molar-refractivity contribution in [2.24, 2.45) is 22.7 Å². The van der Waals surface area contributed by atoms with Crippen LogP contribution in [-0.4, -0.2) is 0 Å². The summed E-state index contributed by atoms with van der Waals surface area (Å²) in [6.07, 6.45) is 4.04. The summed E-state index contributed by atoms with van der Waals surface area (Å²) in [6, 6.07) is 0. The summed E-state index contributed by atoms with van der Waals surface area (Å²) in [4.78, 5) is 0. The van der Waals surface area contributed by atoms with E-state index in [-0.39, 0.29) is 0 Å². The first-order valence-electron chi connectivity index (χ1n) is 6.55. The molecule has 0 aliphatic carbocycles. The molecule has 0 rings (SSSR count). The van der Waals surface area contributed by atoms with Crippen molar-refractivity contribution in [1.82, 2.24) is 0 Å². The van der Waals surface area contributed by atoms with Gasteiger partial charge in [0.25, 0.3) is 0 Å². The lowest BCUT2D eigenvalue weighted by molar-refractivity contribution is 0.166. The van der Waals surface area contributed by atoms with Gasteiger partial charge in [0.2, 0.25) is 0 Å². The summed E-state index contributed by atoms with van der Waals surface area (Å²) in [5.74, 6) is 1.75. The Labute approximate surface area is 97.8 Å². The van der Waals surface area contributed by atoms with E-state index in [2.05, 4.69) is 55.4 Å². The Morgan fingerprint density at radius 1 is 0.800 bits per heavy atom. The fourth-order valence-electron chi connectivity index (χ4n) is 2.38.